The van der Waals surface area contributed by atoms with E-state index >= 15 is 0 Å². The van der Waals surface area contributed by atoms with Crippen LogP contribution in [-0.2, 0) is 0 Å². The largest absolute Gasteiger partial charge is 0.493 e. The van der Waals surface area contributed by atoms with E-state index in [9.17, 15) is 4.79 Å². The average Bonchev–Trinajstić information content (AvgIpc) is 2.52. The minimum Gasteiger partial charge on any atom is -0.493 e. The molecule has 2 amide bonds. The van der Waals surface area contributed by atoms with Crippen molar-refractivity contribution in [2.75, 3.05) is 24.9 Å². The van der Waals surface area contributed by atoms with E-state index in [1.165, 1.54) is 0 Å². The number of alkyl halides is 1. The fourth-order valence-corrected chi connectivity index (χ4v) is 2.36. The van der Waals surface area contributed by atoms with Crippen LogP contribution in [0.4, 0.5) is 10.5 Å². The lowest BCUT2D eigenvalue weighted by Gasteiger charge is -2.15. The number of amides is 2. The van der Waals surface area contributed by atoms with Gasteiger partial charge < -0.3 is 20.1 Å². The zero-order valence-electron chi connectivity index (χ0n) is 14.2. The number of halogens is 1. The molecule has 0 aliphatic rings. The molecular weight excluding hydrogens is 316 g/mol. The van der Waals surface area contributed by atoms with Gasteiger partial charge in [-0.1, -0.05) is 19.8 Å². The number of hydrogen-bond donors (Lipinski definition) is 2. The molecule has 1 rings (SSSR count). The van der Waals surface area contributed by atoms with E-state index < -0.39 is 0 Å². The lowest BCUT2D eigenvalue weighted by atomic mass is 10.2. The number of carbonyl (C=O) groups excluding carboxylic acids is 1. The molecule has 0 aromatic heterocycles. The monoisotopic (exact) mass is 342 g/mol. The highest BCUT2D eigenvalue weighted by atomic mass is 35.5. The topological polar surface area (TPSA) is 59.6 Å². The molecule has 1 aromatic rings. The summed E-state index contributed by atoms with van der Waals surface area (Å²) in [6.07, 6.45) is 3.99. The van der Waals surface area contributed by atoms with Crippen LogP contribution < -0.4 is 20.1 Å². The Labute approximate surface area is 143 Å². The molecule has 1 atom stereocenters. The second-order valence-corrected chi connectivity index (χ2v) is 5.78. The Kier molecular flexibility index (Phi) is 9.29. The first-order valence-corrected chi connectivity index (χ1v) is 8.58. The number of carbonyl (C=O) groups is 1. The number of benzene rings is 1. The van der Waals surface area contributed by atoms with Crippen LogP contribution >= 0.6 is 11.6 Å². The van der Waals surface area contributed by atoms with Gasteiger partial charge in [0.25, 0.3) is 0 Å². The van der Waals surface area contributed by atoms with Crippen LogP contribution in [0.15, 0.2) is 18.2 Å². The van der Waals surface area contributed by atoms with E-state index in [0.29, 0.717) is 29.7 Å². The van der Waals surface area contributed by atoms with Gasteiger partial charge in [-0.25, -0.2) is 4.79 Å². The number of urea groups is 1. The van der Waals surface area contributed by atoms with E-state index in [0.717, 1.165) is 25.7 Å². The maximum absolute atomic E-state index is 11.9. The molecule has 6 heteroatoms. The highest BCUT2D eigenvalue weighted by Gasteiger charge is 2.10. The highest BCUT2D eigenvalue weighted by molar-refractivity contribution is 6.17. The van der Waals surface area contributed by atoms with Crippen molar-refractivity contribution < 1.29 is 14.3 Å². The van der Waals surface area contributed by atoms with Gasteiger partial charge in [-0.3, -0.25) is 0 Å². The Morgan fingerprint density at radius 1 is 1.30 bits per heavy atom. The summed E-state index contributed by atoms with van der Waals surface area (Å²) >= 11 is 5.66. The lowest BCUT2D eigenvalue weighted by Crippen LogP contribution is -2.36. The Bertz CT molecular complexity index is 483. The van der Waals surface area contributed by atoms with Crippen molar-refractivity contribution in [3.63, 3.8) is 0 Å². The SMILES string of the molecule is CCCCCOc1cc(NC(=O)N[C@@H](C)CCCl)ccc1OC. The minimum absolute atomic E-state index is 0.0236. The number of anilines is 1. The number of methoxy groups -OCH3 is 1. The second kappa shape index (κ2) is 11.0. The fraction of sp³-hybridized carbons (Fsp3) is 0.588. The predicted octanol–water partition coefficient (Wildman–Crippen LogP) is 4.40. The Morgan fingerprint density at radius 2 is 2.09 bits per heavy atom. The van der Waals surface area contributed by atoms with Crippen molar-refractivity contribution in [1.82, 2.24) is 5.32 Å². The number of ether oxygens (including phenoxy) is 2. The third-order valence-electron chi connectivity index (χ3n) is 3.35. The zero-order chi connectivity index (χ0) is 17.1. The molecule has 0 aliphatic carbocycles. The number of hydrogen-bond acceptors (Lipinski definition) is 3. The first-order chi connectivity index (χ1) is 11.1. The molecule has 23 heavy (non-hydrogen) atoms. The van der Waals surface area contributed by atoms with E-state index in [1.54, 1.807) is 25.3 Å². The van der Waals surface area contributed by atoms with Gasteiger partial charge in [0.15, 0.2) is 11.5 Å². The van der Waals surface area contributed by atoms with E-state index in [2.05, 4.69) is 17.6 Å². The molecule has 0 spiro atoms. The average molecular weight is 343 g/mol. The van der Waals surface area contributed by atoms with E-state index in [4.69, 9.17) is 21.1 Å². The predicted molar refractivity (Wildman–Crippen MR) is 95.0 cm³/mol. The first-order valence-electron chi connectivity index (χ1n) is 8.05. The molecule has 0 saturated carbocycles. The highest BCUT2D eigenvalue weighted by Crippen LogP contribution is 2.30. The van der Waals surface area contributed by atoms with Gasteiger partial charge in [-0.15, -0.1) is 11.6 Å². The molecule has 0 radical (unpaired) electrons. The van der Waals surface area contributed by atoms with Gasteiger partial charge in [0.05, 0.1) is 13.7 Å². The maximum atomic E-state index is 11.9. The molecule has 2 N–H and O–H groups in total. The molecule has 1 aromatic carbocycles. The summed E-state index contributed by atoms with van der Waals surface area (Å²) in [4.78, 5) is 11.9. The lowest BCUT2D eigenvalue weighted by molar-refractivity contribution is 0.249. The van der Waals surface area contributed by atoms with E-state index in [1.807, 2.05) is 6.92 Å². The van der Waals surface area contributed by atoms with Crippen LogP contribution in [0.25, 0.3) is 0 Å². The first kappa shape index (κ1) is 19.4. The zero-order valence-corrected chi connectivity index (χ0v) is 14.9. The van der Waals surface area contributed by atoms with Gasteiger partial charge in [0.2, 0.25) is 0 Å². The number of nitrogens with one attached hydrogen (secondary N) is 2. The van der Waals surface area contributed by atoms with Crippen molar-refractivity contribution in [3.8, 4) is 11.5 Å². The summed E-state index contributed by atoms with van der Waals surface area (Å²) in [5.74, 6) is 1.80. The van der Waals surface area contributed by atoms with Crippen molar-refractivity contribution in [2.24, 2.45) is 0 Å². The molecule has 0 saturated heterocycles. The van der Waals surface area contributed by atoms with Crippen LogP contribution in [0.2, 0.25) is 0 Å². The van der Waals surface area contributed by atoms with Crippen molar-refractivity contribution in [2.45, 2.75) is 45.6 Å². The molecule has 0 fully saturated rings. The quantitative estimate of drug-likeness (QED) is 0.489. The third-order valence-corrected chi connectivity index (χ3v) is 3.56. The van der Waals surface area contributed by atoms with E-state index in [-0.39, 0.29) is 12.1 Å². The number of rotatable bonds is 10. The van der Waals surface area contributed by atoms with Crippen LogP contribution in [0.1, 0.15) is 39.5 Å². The molecular formula is C17H27ClN2O3. The fourth-order valence-electron chi connectivity index (χ4n) is 2.03. The van der Waals surface area contributed by atoms with Crippen LogP contribution in [0, 0.1) is 0 Å². The van der Waals surface area contributed by atoms with Crippen molar-refractivity contribution >= 4 is 23.3 Å². The molecule has 0 heterocycles. The minimum atomic E-state index is -0.260. The molecule has 5 nitrogen and oxygen atoms in total. The van der Waals surface area contributed by atoms with Crippen LogP contribution in [0.5, 0.6) is 11.5 Å². The van der Waals surface area contributed by atoms with Gasteiger partial charge >= 0.3 is 6.03 Å². The van der Waals surface area contributed by atoms with Crippen molar-refractivity contribution in [3.05, 3.63) is 18.2 Å². The summed E-state index contributed by atoms with van der Waals surface area (Å²) in [6, 6.07) is 5.10. The van der Waals surface area contributed by atoms with Crippen LogP contribution in [-0.4, -0.2) is 31.7 Å². The Morgan fingerprint density at radius 3 is 2.74 bits per heavy atom. The van der Waals surface area contributed by atoms with Gasteiger partial charge in [0.1, 0.15) is 0 Å². The summed E-state index contributed by atoms with van der Waals surface area (Å²) in [7, 11) is 1.60. The second-order valence-electron chi connectivity index (χ2n) is 5.40. The standard InChI is InChI=1S/C17H27ClN2O3/c1-4-5-6-11-23-16-12-14(7-8-15(16)22-3)20-17(21)19-13(2)9-10-18/h7-8,12-13H,4-6,9-11H2,1-3H3,(H2,19,20,21)/t13-/m0/s1. The van der Waals surface area contributed by atoms with Crippen molar-refractivity contribution in [1.29, 1.82) is 0 Å². The Hall–Kier alpha value is -1.62. The third kappa shape index (κ3) is 7.46. The smallest absolute Gasteiger partial charge is 0.319 e. The summed E-state index contributed by atoms with van der Waals surface area (Å²) < 4.78 is 11.0. The molecule has 0 unspecified atom stereocenters. The normalized spacial score (nSPS) is 11.7. The molecule has 0 bridgehead atoms. The molecule has 0 aliphatic heterocycles. The van der Waals surface area contributed by atoms with Crippen LogP contribution in [0.3, 0.4) is 0 Å². The van der Waals surface area contributed by atoms with Gasteiger partial charge in [-0.2, -0.15) is 0 Å². The van der Waals surface area contributed by atoms with Gasteiger partial charge in [0, 0.05) is 23.7 Å². The summed E-state index contributed by atoms with van der Waals surface area (Å²) in [5.41, 5.74) is 0.659. The summed E-state index contributed by atoms with van der Waals surface area (Å²) in [6.45, 7) is 4.69. The maximum Gasteiger partial charge on any atom is 0.319 e. The van der Waals surface area contributed by atoms with Gasteiger partial charge in [-0.05, 0) is 31.9 Å². The molecule has 130 valence electrons. The number of unbranched alkanes of at least 4 members (excludes halogenated alkanes) is 2. The summed E-state index contributed by atoms with van der Waals surface area (Å²) in [5, 5.41) is 5.63. The Balaban J connectivity index is 2.63.